The molecule has 0 radical (unpaired) electrons. The largest absolute Gasteiger partial charge is 0.481 e. The lowest BCUT2D eigenvalue weighted by atomic mass is 9.78. The Hall–Kier alpha value is -3.51. The molecule has 6 heteroatoms. The quantitative estimate of drug-likeness (QED) is 0.288. The Labute approximate surface area is 194 Å². The van der Waals surface area contributed by atoms with Gasteiger partial charge in [0.25, 0.3) is 0 Å². The first-order chi connectivity index (χ1) is 16.2. The Bertz CT molecular complexity index is 1300. The number of terminal acetylenes is 1. The monoisotopic (exact) mass is 468 g/mol. The molecule has 0 aliphatic heterocycles. The van der Waals surface area contributed by atoms with Gasteiger partial charge in [0.15, 0.2) is 18.2 Å². The highest BCUT2D eigenvalue weighted by atomic mass is 19.4. The number of alkyl halides is 3. The zero-order valence-corrected chi connectivity index (χ0v) is 18.2. The van der Waals surface area contributed by atoms with Crippen LogP contribution in [0.15, 0.2) is 48.5 Å². The molecule has 1 aliphatic rings. The third-order valence-electron chi connectivity index (χ3n) is 6.08. The van der Waals surface area contributed by atoms with Gasteiger partial charge in [-0.05, 0) is 66.8 Å². The minimum absolute atomic E-state index is 0.146. The smallest absolute Gasteiger partial charge is 0.422 e. The van der Waals surface area contributed by atoms with E-state index in [2.05, 4.69) is 22.5 Å². The van der Waals surface area contributed by atoms with Gasteiger partial charge in [-0.3, -0.25) is 0 Å². The van der Waals surface area contributed by atoms with Gasteiger partial charge in [0, 0.05) is 16.9 Å². The molecule has 1 saturated carbocycles. The summed E-state index contributed by atoms with van der Waals surface area (Å²) in [5.74, 6) is 6.95. The number of hydrogen-bond acceptors (Lipinski definition) is 1. The number of fused-ring (bicyclic) bond motifs is 1. The van der Waals surface area contributed by atoms with Crippen molar-refractivity contribution in [3.05, 3.63) is 76.9 Å². The maximum absolute atomic E-state index is 15.1. The summed E-state index contributed by atoms with van der Waals surface area (Å²) in [6, 6.07) is 12.4. The predicted molar refractivity (Wildman–Crippen MR) is 121 cm³/mol. The molecular formula is C28H21F5O. The van der Waals surface area contributed by atoms with Gasteiger partial charge in [-0.25, -0.2) is 8.78 Å². The first-order valence-electron chi connectivity index (χ1n) is 10.9. The van der Waals surface area contributed by atoms with Crippen LogP contribution in [-0.4, -0.2) is 12.8 Å². The van der Waals surface area contributed by atoms with Gasteiger partial charge >= 0.3 is 6.18 Å². The molecule has 34 heavy (non-hydrogen) atoms. The number of ether oxygens (including phenoxy) is 1. The highest BCUT2D eigenvalue weighted by Crippen LogP contribution is 2.37. The SMILES string of the molecule is C#CC1CCC(c2ccc3c(F)c(C#Cc4ccc(OCC(F)(F)F)c(F)c4)ccc3c2)CC1. The van der Waals surface area contributed by atoms with E-state index in [1.807, 2.05) is 12.1 Å². The number of hydrogen-bond donors (Lipinski definition) is 0. The molecular weight excluding hydrogens is 447 g/mol. The zero-order chi connectivity index (χ0) is 24.3. The van der Waals surface area contributed by atoms with Crippen molar-refractivity contribution in [3.63, 3.8) is 0 Å². The molecule has 3 aromatic carbocycles. The number of benzene rings is 3. The predicted octanol–water partition coefficient (Wildman–Crippen LogP) is 7.37. The van der Waals surface area contributed by atoms with E-state index in [1.54, 1.807) is 18.2 Å². The van der Waals surface area contributed by atoms with E-state index in [-0.39, 0.29) is 11.1 Å². The molecule has 1 aliphatic carbocycles. The molecule has 0 spiro atoms. The Morgan fingerprint density at radius 3 is 2.35 bits per heavy atom. The molecule has 0 saturated heterocycles. The summed E-state index contributed by atoms with van der Waals surface area (Å²) in [6.45, 7) is -1.59. The Morgan fingerprint density at radius 1 is 0.912 bits per heavy atom. The summed E-state index contributed by atoms with van der Waals surface area (Å²) in [5.41, 5.74) is 1.51. The number of rotatable bonds is 3. The lowest BCUT2D eigenvalue weighted by Gasteiger charge is -2.26. The molecule has 0 N–H and O–H groups in total. The van der Waals surface area contributed by atoms with Crippen molar-refractivity contribution in [1.82, 2.24) is 0 Å². The maximum atomic E-state index is 15.1. The third kappa shape index (κ3) is 5.51. The van der Waals surface area contributed by atoms with Gasteiger partial charge in [0.1, 0.15) is 5.82 Å². The molecule has 0 aromatic heterocycles. The Kier molecular flexibility index (Phi) is 6.80. The molecule has 3 aromatic rings. The van der Waals surface area contributed by atoms with E-state index in [0.29, 0.717) is 17.2 Å². The van der Waals surface area contributed by atoms with Crippen molar-refractivity contribution in [2.75, 3.05) is 6.61 Å². The topological polar surface area (TPSA) is 9.23 Å². The van der Waals surface area contributed by atoms with Gasteiger partial charge in [-0.1, -0.05) is 36.1 Å². The second kappa shape index (κ2) is 9.77. The van der Waals surface area contributed by atoms with Crippen molar-refractivity contribution >= 4 is 10.8 Å². The van der Waals surface area contributed by atoms with Crippen LogP contribution >= 0.6 is 0 Å². The van der Waals surface area contributed by atoms with Crippen LogP contribution in [0.5, 0.6) is 5.75 Å². The molecule has 0 atom stereocenters. The van der Waals surface area contributed by atoms with Gasteiger partial charge in [-0.15, -0.1) is 12.3 Å². The second-order valence-electron chi connectivity index (χ2n) is 8.42. The highest BCUT2D eigenvalue weighted by molar-refractivity contribution is 5.85. The van der Waals surface area contributed by atoms with Crippen molar-refractivity contribution < 1.29 is 26.7 Å². The second-order valence-corrected chi connectivity index (χ2v) is 8.42. The lowest BCUT2D eigenvalue weighted by molar-refractivity contribution is -0.153. The average Bonchev–Trinajstić information content (AvgIpc) is 2.82. The lowest BCUT2D eigenvalue weighted by Crippen LogP contribution is -2.19. The summed E-state index contributed by atoms with van der Waals surface area (Å²) in [7, 11) is 0. The van der Waals surface area contributed by atoms with Crippen molar-refractivity contribution in [3.8, 4) is 29.9 Å². The molecule has 0 unspecified atom stereocenters. The van der Waals surface area contributed by atoms with E-state index in [1.165, 1.54) is 11.6 Å². The molecule has 4 rings (SSSR count). The Morgan fingerprint density at radius 2 is 1.68 bits per heavy atom. The van der Waals surface area contributed by atoms with Crippen LogP contribution < -0.4 is 4.74 Å². The van der Waals surface area contributed by atoms with E-state index in [9.17, 15) is 17.6 Å². The molecule has 0 bridgehead atoms. The normalized spacial score (nSPS) is 18.1. The molecule has 0 amide bonds. The third-order valence-corrected chi connectivity index (χ3v) is 6.08. The zero-order valence-electron chi connectivity index (χ0n) is 18.2. The van der Waals surface area contributed by atoms with E-state index >= 15 is 4.39 Å². The average molecular weight is 468 g/mol. The standard InChI is InChI=1S/C28H21F5O/c1-2-18-3-7-20(8-4-18)22-12-13-24-23(16-22)11-10-21(27(24)30)9-5-19-6-14-26(25(29)15-19)34-17-28(31,32)33/h1,6,10-16,18,20H,3-4,7-8,17H2. The van der Waals surface area contributed by atoms with Crippen LogP contribution in [-0.2, 0) is 0 Å². The van der Waals surface area contributed by atoms with Crippen molar-refractivity contribution in [2.24, 2.45) is 5.92 Å². The summed E-state index contributed by atoms with van der Waals surface area (Å²) in [4.78, 5) is 0. The molecule has 0 heterocycles. The van der Waals surface area contributed by atoms with Gasteiger partial charge in [0.05, 0.1) is 5.56 Å². The van der Waals surface area contributed by atoms with Crippen LogP contribution in [0.25, 0.3) is 10.8 Å². The van der Waals surface area contributed by atoms with Crippen molar-refractivity contribution in [1.29, 1.82) is 0 Å². The summed E-state index contributed by atoms with van der Waals surface area (Å²) in [5, 5.41) is 1.21. The Balaban J connectivity index is 1.52. The van der Waals surface area contributed by atoms with Gasteiger partial charge in [0.2, 0.25) is 0 Å². The molecule has 1 nitrogen and oxygen atoms in total. The van der Waals surface area contributed by atoms with Crippen LogP contribution in [0.1, 0.15) is 48.3 Å². The first-order valence-corrected chi connectivity index (χ1v) is 10.9. The first kappa shape index (κ1) is 23.6. The highest BCUT2D eigenvalue weighted by Gasteiger charge is 2.29. The number of halogens is 5. The summed E-state index contributed by atoms with van der Waals surface area (Å²) in [6.07, 6.45) is 4.99. The van der Waals surface area contributed by atoms with Crippen LogP contribution in [0.3, 0.4) is 0 Å². The van der Waals surface area contributed by atoms with Crippen molar-refractivity contribution in [2.45, 2.75) is 37.8 Å². The minimum atomic E-state index is -4.57. The fraction of sp³-hybridized carbons (Fsp3) is 0.286. The molecule has 1 fully saturated rings. The van der Waals surface area contributed by atoms with E-state index in [4.69, 9.17) is 6.42 Å². The summed E-state index contributed by atoms with van der Waals surface area (Å²) < 4.78 is 70.3. The molecule has 174 valence electrons. The van der Waals surface area contributed by atoms with Crippen LogP contribution in [0.4, 0.5) is 22.0 Å². The maximum Gasteiger partial charge on any atom is 0.422 e. The van der Waals surface area contributed by atoms with E-state index < -0.39 is 30.2 Å². The fourth-order valence-electron chi connectivity index (χ4n) is 4.25. The van der Waals surface area contributed by atoms with Crippen LogP contribution in [0, 0.1) is 41.7 Å². The van der Waals surface area contributed by atoms with Gasteiger partial charge in [-0.2, -0.15) is 13.2 Å². The van der Waals surface area contributed by atoms with E-state index in [0.717, 1.165) is 43.2 Å². The minimum Gasteiger partial charge on any atom is -0.481 e. The van der Waals surface area contributed by atoms with Gasteiger partial charge < -0.3 is 4.74 Å². The van der Waals surface area contributed by atoms with Crippen LogP contribution in [0.2, 0.25) is 0 Å². The summed E-state index contributed by atoms with van der Waals surface area (Å²) >= 11 is 0. The fourth-order valence-corrected chi connectivity index (χ4v) is 4.25.